The number of rotatable bonds is 9. The Bertz CT molecular complexity index is 734. The normalized spacial score (nSPS) is 12.2. The molecule has 0 bridgehead atoms. The predicted molar refractivity (Wildman–Crippen MR) is 103 cm³/mol. The fourth-order valence-corrected chi connectivity index (χ4v) is 3.74. The van der Waals surface area contributed by atoms with Crippen molar-refractivity contribution in [3.8, 4) is 5.75 Å². The number of halogens is 1. The number of nitrogens with zero attached hydrogens (tertiary/aromatic N) is 3. The van der Waals surface area contributed by atoms with Crippen LogP contribution < -0.4 is 4.74 Å². The van der Waals surface area contributed by atoms with Crippen LogP contribution in [0, 0.1) is 0 Å². The Morgan fingerprint density at radius 1 is 1.27 bits per heavy atom. The zero-order valence-electron chi connectivity index (χ0n) is 15.4. The summed E-state index contributed by atoms with van der Waals surface area (Å²) in [5.74, 6) is 1.02. The molecule has 0 N–H and O–H groups in total. The Morgan fingerprint density at radius 2 is 1.96 bits per heavy atom. The van der Waals surface area contributed by atoms with E-state index in [-0.39, 0.29) is 23.9 Å². The minimum atomic E-state index is -0.366. The molecule has 0 amide bonds. The molecule has 8 heteroatoms. The van der Waals surface area contributed by atoms with E-state index in [2.05, 4.69) is 28.6 Å². The van der Waals surface area contributed by atoms with Gasteiger partial charge in [0.2, 0.25) is 0 Å². The number of carbonyl (C=O) groups excluding carboxylic acids is 1. The van der Waals surface area contributed by atoms with Crippen LogP contribution in [0.2, 0.25) is 5.02 Å². The van der Waals surface area contributed by atoms with E-state index in [1.54, 1.807) is 13.0 Å². The quantitative estimate of drug-likeness (QED) is 0.457. The van der Waals surface area contributed by atoms with Crippen LogP contribution in [0.25, 0.3) is 0 Å². The van der Waals surface area contributed by atoms with Crippen molar-refractivity contribution in [1.29, 1.82) is 0 Å². The van der Waals surface area contributed by atoms with Gasteiger partial charge in [-0.15, -0.1) is 10.2 Å². The minimum Gasteiger partial charge on any atom is -0.484 e. The van der Waals surface area contributed by atoms with Crippen LogP contribution in [0.4, 0.5) is 0 Å². The summed E-state index contributed by atoms with van der Waals surface area (Å²) in [6, 6.07) is 7.54. The Labute approximate surface area is 163 Å². The Balaban J connectivity index is 2.25. The summed E-state index contributed by atoms with van der Waals surface area (Å²) in [5, 5.41) is 9.44. The molecule has 2 aromatic rings. The van der Waals surface area contributed by atoms with Gasteiger partial charge < -0.3 is 14.0 Å². The lowest BCUT2D eigenvalue weighted by Gasteiger charge is -2.20. The van der Waals surface area contributed by atoms with Crippen molar-refractivity contribution in [3.63, 3.8) is 0 Å². The summed E-state index contributed by atoms with van der Waals surface area (Å²) in [5.41, 5.74) is 0. The maximum absolute atomic E-state index is 11.8. The first kappa shape index (κ1) is 20.6. The number of aromatic nitrogens is 3. The summed E-state index contributed by atoms with van der Waals surface area (Å²) < 4.78 is 12.7. The van der Waals surface area contributed by atoms with Crippen molar-refractivity contribution in [2.75, 3.05) is 7.11 Å². The first-order valence-corrected chi connectivity index (χ1v) is 9.83. The van der Waals surface area contributed by atoms with Crippen LogP contribution in [0.5, 0.6) is 5.75 Å². The highest BCUT2D eigenvalue weighted by Crippen LogP contribution is 2.30. The van der Waals surface area contributed by atoms with E-state index < -0.39 is 0 Å². The van der Waals surface area contributed by atoms with Crippen LogP contribution >= 0.6 is 23.4 Å². The summed E-state index contributed by atoms with van der Waals surface area (Å²) in [7, 11) is 1.38. The zero-order chi connectivity index (χ0) is 19.1. The minimum absolute atomic E-state index is 0.224. The van der Waals surface area contributed by atoms with Crippen LogP contribution in [0.15, 0.2) is 29.4 Å². The topological polar surface area (TPSA) is 66.2 Å². The molecule has 0 aliphatic heterocycles. The number of ether oxygens (including phenoxy) is 2. The highest BCUT2D eigenvalue weighted by Gasteiger charge is 2.24. The second-order valence-corrected chi connectivity index (χ2v) is 7.46. The Hall–Kier alpha value is -1.73. The number of hydrogen-bond donors (Lipinski definition) is 0. The third kappa shape index (κ3) is 4.92. The second-order valence-electron chi connectivity index (χ2n) is 5.74. The number of hydrogen-bond acceptors (Lipinski definition) is 6. The standard InChI is InChI=1S/C18H24ClN3O3S/c1-5-13(6-2)22-16(11-25-15-10-8-7-9-14(15)19)20-21-18(22)26-12(3)17(23)24-4/h7-10,12-13H,5-6,11H2,1-4H3. The monoisotopic (exact) mass is 397 g/mol. The first-order valence-electron chi connectivity index (χ1n) is 8.57. The molecule has 0 aliphatic rings. The zero-order valence-corrected chi connectivity index (χ0v) is 17.0. The van der Waals surface area contributed by atoms with Gasteiger partial charge in [-0.3, -0.25) is 4.79 Å². The van der Waals surface area contributed by atoms with Gasteiger partial charge in [0.05, 0.1) is 12.1 Å². The predicted octanol–water partition coefficient (Wildman–Crippen LogP) is 4.53. The molecule has 1 aromatic carbocycles. The van der Waals surface area contributed by atoms with E-state index in [1.165, 1.54) is 18.9 Å². The van der Waals surface area contributed by atoms with Crippen molar-refractivity contribution in [1.82, 2.24) is 14.8 Å². The summed E-state index contributed by atoms with van der Waals surface area (Å²) in [6.07, 6.45) is 1.85. The van der Waals surface area contributed by atoms with Crippen molar-refractivity contribution in [3.05, 3.63) is 35.1 Å². The van der Waals surface area contributed by atoms with Crippen LogP contribution in [-0.4, -0.2) is 33.1 Å². The molecular formula is C18H24ClN3O3S. The Kier molecular flexibility index (Phi) is 7.78. The molecule has 2 rings (SSSR count). The lowest BCUT2D eigenvalue weighted by atomic mass is 10.2. The third-order valence-electron chi connectivity index (χ3n) is 4.05. The van der Waals surface area contributed by atoms with Gasteiger partial charge in [-0.25, -0.2) is 0 Å². The number of methoxy groups -OCH3 is 1. The molecule has 6 nitrogen and oxygen atoms in total. The van der Waals surface area contributed by atoms with Gasteiger partial charge in [-0.2, -0.15) is 0 Å². The molecule has 0 fully saturated rings. The molecule has 0 saturated carbocycles. The molecule has 142 valence electrons. The Morgan fingerprint density at radius 3 is 2.58 bits per heavy atom. The summed E-state index contributed by atoms with van der Waals surface area (Å²) >= 11 is 7.49. The van der Waals surface area contributed by atoms with Gasteiger partial charge in [0.25, 0.3) is 0 Å². The molecule has 1 aromatic heterocycles. The fraction of sp³-hybridized carbons (Fsp3) is 0.500. The molecule has 0 radical (unpaired) electrons. The van der Waals surface area contributed by atoms with Crippen molar-refractivity contribution < 1.29 is 14.3 Å². The third-order valence-corrected chi connectivity index (χ3v) is 5.40. The number of esters is 1. The van der Waals surface area contributed by atoms with Crippen molar-refractivity contribution >= 4 is 29.3 Å². The van der Waals surface area contributed by atoms with E-state index in [4.69, 9.17) is 21.1 Å². The van der Waals surface area contributed by atoms with Gasteiger partial charge in [0.1, 0.15) is 17.6 Å². The average molecular weight is 398 g/mol. The molecule has 0 spiro atoms. The van der Waals surface area contributed by atoms with Gasteiger partial charge >= 0.3 is 5.97 Å². The number of thioether (sulfide) groups is 1. The molecular weight excluding hydrogens is 374 g/mol. The molecule has 26 heavy (non-hydrogen) atoms. The number of benzene rings is 1. The average Bonchev–Trinajstić information content (AvgIpc) is 3.04. The van der Waals surface area contributed by atoms with E-state index >= 15 is 0 Å². The van der Waals surface area contributed by atoms with Gasteiger partial charge in [0.15, 0.2) is 11.0 Å². The second kappa shape index (κ2) is 9.83. The lowest BCUT2D eigenvalue weighted by molar-refractivity contribution is -0.139. The SMILES string of the molecule is CCC(CC)n1c(COc2ccccc2Cl)nnc1SC(C)C(=O)OC. The van der Waals surface area contributed by atoms with E-state index in [0.29, 0.717) is 21.8 Å². The summed E-state index contributed by atoms with van der Waals surface area (Å²) in [4.78, 5) is 11.8. The van der Waals surface area contributed by atoms with Crippen molar-refractivity contribution in [2.45, 2.75) is 56.7 Å². The maximum Gasteiger partial charge on any atom is 0.318 e. The van der Waals surface area contributed by atoms with Crippen molar-refractivity contribution in [2.24, 2.45) is 0 Å². The van der Waals surface area contributed by atoms with Crippen LogP contribution in [0.3, 0.4) is 0 Å². The first-order chi connectivity index (χ1) is 12.5. The molecule has 1 unspecified atom stereocenters. The smallest absolute Gasteiger partial charge is 0.318 e. The highest BCUT2D eigenvalue weighted by molar-refractivity contribution is 8.00. The van der Waals surface area contributed by atoms with Crippen LogP contribution in [-0.2, 0) is 16.1 Å². The largest absolute Gasteiger partial charge is 0.484 e. The molecule has 1 atom stereocenters. The molecule has 0 saturated heterocycles. The fourth-order valence-electron chi connectivity index (χ4n) is 2.58. The van der Waals surface area contributed by atoms with Gasteiger partial charge in [-0.05, 0) is 31.9 Å². The van der Waals surface area contributed by atoms with E-state index in [9.17, 15) is 4.79 Å². The highest BCUT2D eigenvalue weighted by atomic mass is 35.5. The summed E-state index contributed by atoms with van der Waals surface area (Å²) in [6.45, 7) is 6.28. The number of para-hydroxylation sites is 1. The molecule has 0 aliphatic carbocycles. The molecule has 1 heterocycles. The lowest BCUT2D eigenvalue weighted by Crippen LogP contribution is -2.18. The number of carbonyl (C=O) groups is 1. The van der Waals surface area contributed by atoms with E-state index in [0.717, 1.165) is 12.8 Å². The van der Waals surface area contributed by atoms with E-state index in [1.807, 2.05) is 18.2 Å². The van der Waals surface area contributed by atoms with Crippen LogP contribution in [0.1, 0.15) is 45.5 Å². The maximum atomic E-state index is 11.8. The van der Waals surface area contributed by atoms with Gasteiger partial charge in [-0.1, -0.05) is 49.3 Å². The van der Waals surface area contributed by atoms with Gasteiger partial charge in [0, 0.05) is 6.04 Å².